The first-order chi connectivity index (χ1) is 9.93. The molecule has 2 saturated carbocycles. The van der Waals surface area contributed by atoms with Crippen LogP contribution in [0.5, 0.6) is 0 Å². The van der Waals surface area contributed by atoms with Gasteiger partial charge >= 0.3 is 0 Å². The Bertz CT molecular complexity index is 618. The molecule has 2 atom stereocenters. The van der Waals surface area contributed by atoms with Crippen molar-refractivity contribution >= 4 is 27.5 Å². The van der Waals surface area contributed by atoms with Gasteiger partial charge in [0.05, 0.1) is 11.2 Å². The molecule has 6 nitrogen and oxygen atoms in total. The summed E-state index contributed by atoms with van der Waals surface area (Å²) in [5, 5.41) is 0. The Morgan fingerprint density at radius 3 is 2.18 bits per heavy atom. The van der Waals surface area contributed by atoms with Gasteiger partial charge in [-0.25, -0.2) is 0 Å². The van der Waals surface area contributed by atoms with Crippen molar-refractivity contribution in [2.45, 2.75) is 53.1 Å². The Kier molecular flexibility index (Phi) is 4.11. The minimum Gasteiger partial charge on any atom is -0.299 e. The van der Waals surface area contributed by atoms with Crippen LogP contribution in [0.15, 0.2) is 0 Å². The molecule has 2 bridgehead atoms. The molecule has 0 saturated heterocycles. The van der Waals surface area contributed by atoms with E-state index in [0.717, 1.165) is 20.3 Å². The molecule has 2 aliphatic carbocycles. The number of carbonyl (C=O) groups is 3. The Hall–Kier alpha value is -1.08. The smallest absolute Gasteiger partial charge is 0.269 e. The fraction of sp³-hybridized carbons (Fsp3) is 0.800. The molecule has 124 valence electrons. The van der Waals surface area contributed by atoms with Crippen LogP contribution in [-0.4, -0.2) is 37.6 Å². The van der Waals surface area contributed by atoms with Crippen LogP contribution >= 0.6 is 0 Å². The van der Waals surface area contributed by atoms with Gasteiger partial charge in [-0.15, -0.1) is 0 Å². The zero-order valence-corrected chi connectivity index (χ0v) is 14.2. The van der Waals surface area contributed by atoms with Gasteiger partial charge in [0.1, 0.15) is 5.78 Å². The molecule has 2 fully saturated rings. The van der Waals surface area contributed by atoms with Gasteiger partial charge in [0.25, 0.3) is 10.1 Å². The van der Waals surface area contributed by atoms with E-state index in [0.29, 0.717) is 12.8 Å². The van der Waals surface area contributed by atoms with Crippen LogP contribution in [0.2, 0.25) is 0 Å². The molecule has 0 amide bonds. The molecular formula is C15H22O6S. The highest BCUT2D eigenvalue weighted by Gasteiger charge is 2.65. The summed E-state index contributed by atoms with van der Waals surface area (Å²) in [5.41, 5.74) is -1.38. The lowest BCUT2D eigenvalue weighted by Gasteiger charge is -2.36. The highest BCUT2D eigenvalue weighted by atomic mass is 32.2. The summed E-state index contributed by atoms with van der Waals surface area (Å²) in [6.07, 6.45) is 0.109. The van der Waals surface area contributed by atoms with Crippen LogP contribution in [0, 0.1) is 16.7 Å². The van der Waals surface area contributed by atoms with E-state index in [1.807, 2.05) is 13.8 Å². The SMILES string of the molecule is CC(=O)C(OS(=O)(=O)CC12CCC(CC1=O)C2(C)C)C(C)=O. The number of Topliss-reactive ketones (excluding diaryl/α,β-unsaturated/α-hetero) is 3. The first-order valence-electron chi connectivity index (χ1n) is 7.38. The van der Waals surface area contributed by atoms with Crippen LogP contribution in [0.25, 0.3) is 0 Å². The van der Waals surface area contributed by atoms with E-state index in [1.165, 1.54) is 0 Å². The maximum atomic E-state index is 12.4. The van der Waals surface area contributed by atoms with Crippen molar-refractivity contribution in [3.63, 3.8) is 0 Å². The molecule has 22 heavy (non-hydrogen) atoms. The Morgan fingerprint density at radius 1 is 1.27 bits per heavy atom. The monoisotopic (exact) mass is 330 g/mol. The number of fused-ring (bicyclic) bond motifs is 2. The first kappa shape index (κ1) is 17.3. The highest BCUT2D eigenvalue weighted by Crippen LogP contribution is 2.64. The third kappa shape index (κ3) is 2.54. The summed E-state index contributed by atoms with van der Waals surface area (Å²) in [4.78, 5) is 35.1. The van der Waals surface area contributed by atoms with E-state index < -0.39 is 44.4 Å². The maximum absolute atomic E-state index is 12.4. The minimum atomic E-state index is -4.16. The third-order valence-electron chi connectivity index (χ3n) is 5.54. The summed E-state index contributed by atoms with van der Waals surface area (Å²) in [6, 6.07) is 0. The van der Waals surface area contributed by atoms with Gasteiger partial charge in [-0.3, -0.25) is 18.6 Å². The zero-order valence-electron chi connectivity index (χ0n) is 13.3. The number of rotatable bonds is 6. The van der Waals surface area contributed by atoms with Crippen LogP contribution in [0.1, 0.15) is 47.0 Å². The van der Waals surface area contributed by atoms with Gasteiger partial charge in [0.15, 0.2) is 17.7 Å². The van der Waals surface area contributed by atoms with E-state index >= 15 is 0 Å². The van der Waals surface area contributed by atoms with Crippen molar-refractivity contribution in [2.75, 3.05) is 5.75 Å². The molecule has 0 aromatic heterocycles. The predicted molar refractivity (Wildman–Crippen MR) is 78.6 cm³/mol. The van der Waals surface area contributed by atoms with Crippen molar-refractivity contribution in [2.24, 2.45) is 16.7 Å². The molecule has 2 aliphatic rings. The zero-order chi connectivity index (χ0) is 16.9. The van der Waals surface area contributed by atoms with Crippen LogP contribution in [-0.2, 0) is 28.7 Å². The summed E-state index contributed by atoms with van der Waals surface area (Å²) < 4.78 is 29.5. The van der Waals surface area contributed by atoms with Crippen LogP contribution in [0.4, 0.5) is 0 Å². The van der Waals surface area contributed by atoms with Crippen molar-refractivity contribution in [1.82, 2.24) is 0 Å². The van der Waals surface area contributed by atoms with Gasteiger partial charge in [-0.1, -0.05) is 13.8 Å². The molecule has 0 N–H and O–H groups in total. The lowest BCUT2D eigenvalue weighted by molar-refractivity contribution is -0.134. The second-order valence-corrected chi connectivity index (χ2v) is 8.66. The fourth-order valence-electron chi connectivity index (χ4n) is 4.01. The summed E-state index contributed by atoms with van der Waals surface area (Å²) in [6.45, 7) is 6.04. The molecule has 0 heterocycles. The molecule has 0 aromatic rings. The van der Waals surface area contributed by atoms with E-state index in [4.69, 9.17) is 4.18 Å². The molecule has 0 aliphatic heterocycles. The van der Waals surface area contributed by atoms with Gasteiger partial charge in [-0.2, -0.15) is 8.42 Å². The quantitative estimate of drug-likeness (QED) is 0.538. The predicted octanol–water partition coefficient (Wildman–Crippen LogP) is 1.27. The highest BCUT2D eigenvalue weighted by molar-refractivity contribution is 7.86. The topological polar surface area (TPSA) is 94.6 Å². The van der Waals surface area contributed by atoms with Crippen molar-refractivity contribution in [3.05, 3.63) is 0 Å². The number of hydrogen-bond donors (Lipinski definition) is 0. The Labute approximate surface area is 130 Å². The summed E-state index contributed by atoms with van der Waals surface area (Å²) in [7, 11) is -4.16. The van der Waals surface area contributed by atoms with Crippen molar-refractivity contribution < 1.29 is 27.0 Å². The second kappa shape index (κ2) is 5.23. The van der Waals surface area contributed by atoms with Crippen LogP contribution < -0.4 is 0 Å². The lowest BCUT2D eigenvalue weighted by atomic mass is 9.70. The average Bonchev–Trinajstić information content (AvgIpc) is 2.68. The number of hydrogen-bond acceptors (Lipinski definition) is 6. The third-order valence-corrected chi connectivity index (χ3v) is 6.88. The molecule has 7 heteroatoms. The molecular weight excluding hydrogens is 308 g/mol. The molecule has 0 radical (unpaired) electrons. The number of carbonyl (C=O) groups excluding carboxylic acids is 3. The first-order valence-corrected chi connectivity index (χ1v) is 8.96. The van der Waals surface area contributed by atoms with E-state index in [1.54, 1.807) is 0 Å². The fourth-order valence-corrected chi connectivity index (χ4v) is 5.93. The largest absolute Gasteiger partial charge is 0.299 e. The molecule has 2 rings (SSSR count). The van der Waals surface area contributed by atoms with E-state index in [9.17, 15) is 22.8 Å². The minimum absolute atomic E-state index is 0.0527. The van der Waals surface area contributed by atoms with Gasteiger partial charge in [0.2, 0.25) is 0 Å². The average molecular weight is 330 g/mol. The van der Waals surface area contributed by atoms with Gasteiger partial charge in [-0.05, 0) is 38.0 Å². The lowest BCUT2D eigenvalue weighted by Crippen LogP contribution is -2.44. The van der Waals surface area contributed by atoms with Crippen molar-refractivity contribution in [1.29, 1.82) is 0 Å². The Morgan fingerprint density at radius 2 is 1.82 bits per heavy atom. The van der Waals surface area contributed by atoms with E-state index in [2.05, 4.69) is 0 Å². The number of ketones is 3. The maximum Gasteiger partial charge on any atom is 0.269 e. The molecule has 2 unspecified atom stereocenters. The van der Waals surface area contributed by atoms with E-state index in [-0.39, 0.29) is 11.7 Å². The second-order valence-electron chi connectivity index (χ2n) is 7.07. The van der Waals surface area contributed by atoms with Crippen molar-refractivity contribution in [3.8, 4) is 0 Å². The standard InChI is InChI=1S/C15H22O6S/c1-9(16)13(10(2)17)21-22(19,20)8-15-6-5-11(7-12(15)18)14(15,3)4/h11,13H,5-8H2,1-4H3. The summed E-state index contributed by atoms with van der Waals surface area (Å²) in [5.74, 6) is -1.64. The van der Waals surface area contributed by atoms with Crippen LogP contribution in [0.3, 0.4) is 0 Å². The molecule has 0 aromatic carbocycles. The molecule has 0 spiro atoms. The normalized spacial score (nSPS) is 30.0. The van der Waals surface area contributed by atoms with Gasteiger partial charge in [0, 0.05) is 6.42 Å². The summed E-state index contributed by atoms with van der Waals surface area (Å²) >= 11 is 0. The Balaban J connectivity index is 2.27. The van der Waals surface area contributed by atoms with Gasteiger partial charge < -0.3 is 0 Å².